The molecule has 1 fully saturated rings. The Morgan fingerprint density at radius 2 is 2.25 bits per heavy atom. The molecule has 3 N–H and O–H groups in total. The number of pyridine rings is 1. The molecule has 2 aromatic rings. The molecule has 1 aliphatic rings. The van der Waals surface area contributed by atoms with Crippen molar-refractivity contribution in [1.29, 1.82) is 0 Å². The van der Waals surface area contributed by atoms with Gasteiger partial charge in [-0.2, -0.15) is 0 Å². The second-order valence-electron chi connectivity index (χ2n) is 5.72. The summed E-state index contributed by atoms with van der Waals surface area (Å²) in [5, 5.41) is 5.46. The average molecular weight is 290 g/mol. The third-order valence-electron chi connectivity index (χ3n) is 4.10. The number of nitrogens with zero attached hydrogens (tertiary/aromatic N) is 1. The topological polar surface area (TPSA) is 50.9 Å². The summed E-state index contributed by atoms with van der Waals surface area (Å²) in [5.41, 5.74) is 9.19. The molecule has 1 aromatic carbocycles. The molecule has 4 heteroatoms. The van der Waals surface area contributed by atoms with Crippen molar-refractivity contribution in [3.05, 3.63) is 35.0 Å². The Bertz CT molecular complexity index is 626. The number of hydrogen-bond acceptors (Lipinski definition) is 3. The number of hydrogen-bond donors (Lipinski definition) is 2. The van der Waals surface area contributed by atoms with Gasteiger partial charge >= 0.3 is 0 Å². The van der Waals surface area contributed by atoms with E-state index in [1.54, 1.807) is 0 Å². The van der Waals surface area contributed by atoms with Gasteiger partial charge in [0, 0.05) is 23.7 Å². The molecule has 3 rings (SSSR count). The fourth-order valence-electron chi connectivity index (χ4n) is 3.09. The quantitative estimate of drug-likeness (QED) is 0.882. The molecule has 2 unspecified atom stereocenters. The normalized spacial score (nSPS) is 22.9. The van der Waals surface area contributed by atoms with Crippen LogP contribution in [0.1, 0.15) is 31.2 Å². The third kappa shape index (κ3) is 2.60. The molecule has 106 valence electrons. The first kappa shape index (κ1) is 13.7. The molecule has 1 saturated carbocycles. The Morgan fingerprint density at radius 1 is 1.40 bits per heavy atom. The molecule has 0 radical (unpaired) electrons. The molecule has 0 saturated heterocycles. The van der Waals surface area contributed by atoms with Gasteiger partial charge in [-0.05, 0) is 56.4 Å². The number of nitrogens with two attached hydrogens (primary N) is 1. The smallest absolute Gasteiger partial charge is 0.0752 e. The predicted octanol–water partition coefficient (Wildman–Crippen LogP) is 3.88. The molecule has 0 amide bonds. The van der Waals surface area contributed by atoms with Gasteiger partial charge in [-0.3, -0.25) is 4.98 Å². The molecule has 1 heterocycles. The Morgan fingerprint density at radius 3 is 3.05 bits per heavy atom. The monoisotopic (exact) mass is 289 g/mol. The third-order valence-corrected chi connectivity index (χ3v) is 4.39. The van der Waals surface area contributed by atoms with E-state index in [9.17, 15) is 0 Å². The van der Waals surface area contributed by atoms with Gasteiger partial charge in [-0.15, -0.1) is 0 Å². The van der Waals surface area contributed by atoms with Crippen molar-refractivity contribution in [1.82, 2.24) is 4.98 Å². The number of benzene rings is 1. The van der Waals surface area contributed by atoms with Gasteiger partial charge in [0.1, 0.15) is 0 Å². The SMILES string of the molecule is Cc1cc(Cl)c(NC2CCCC(N)C2)c2cccnc12. The highest BCUT2D eigenvalue weighted by molar-refractivity contribution is 6.35. The summed E-state index contributed by atoms with van der Waals surface area (Å²) in [7, 11) is 0. The van der Waals surface area contributed by atoms with Crippen molar-refractivity contribution in [2.24, 2.45) is 5.73 Å². The zero-order chi connectivity index (χ0) is 14.1. The van der Waals surface area contributed by atoms with Gasteiger partial charge in [0.15, 0.2) is 0 Å². The van der Waals surface area contributed by atoms with Crippen molar-refractivity contribution in [2.75, 3.05) is 5.32 Å². The number of anilines is 1. The highest BCUT2D eigenvalue weighted by Gasteiger charge is 2.21. The average Bonchev–Trinajstić information content (AvgIpc) is 2.43. The van der Waals surface area contributed by atoms with Crippen LogP contribution in [0.5, 0.6) is 0 Å². The number of halogens is 1. The molecule has 3 nitrogen and oxygen atoms in total. The zero-order valence-corrected chi connectivity index (χ0v) is 12.5. The van der Waals surface area contributed by atoms with E-state index in [0.29, 0.717) is 12.1 Å². The van der Waals surface area contributed by atoms with Gasteiger partial charge < -0.3 is 11.1 Å². The summed E-state index contributed by atoms with van der Waals surface area (Å²) in [6, 6.07) is 6.72. The molecule has 1 aliphatic carbocycles. The summed E-state index contributed by atoms with van der Waals surface area (Å²) < 4.78 is 0. The van der Waals surface area contributed by atoms with Crippen molar-refractivity contribution >= 4 is 28.2 Å². The van der Waals surface area contributed by atoms with Crippen LogP contribution in [-0.4, -0.2) is 17.1 Å². The van der Waals surface area contributed by atoms with Gasteiger partial charge in [0.2, 0.25) is 0 Å². The number of aromatic nitrogens is 1. The first-order chi connectivity index (χ1) is 9.65. The van der Waals surface area contributed by atoms with Crippen LogP contribution in [0.4, 0.5) is 5.69 Å². The van der Waals surface area contributed by atoms with Crippen molar-refractivity contribution in [2.45, 2.75) is 44.7 Å². The van der Waals surface area contributed by atoms with E-state index in [4.69, 9.17) is 17.3 Å². The summed E-state index contributed by atoms with van der Waals surface area (Å²) in [6.07, 6.45) is 6.29. The maximum atomic E-state index is 6.44. The number of rotatable bonds is 2. The second-order valence-corrected chi connectivity index (χ2v) is 6.13. The van der Waals surface area contributed by atoms with Gasteiger partial charge in [-0.1, -0.05) is 11.6 Å². The molecule has 0 spiro atoms. The Labute approximate surface area is 124 Å². The van der Waals surface area contributed by atoms with Crippen molar-refractivity contribution in [3.63, 3.8) is 0 Å². The highest BCUT2D eigenvalue weighted by atomic mass is 35.5. The van der Waals surface area contributed by atoms with Crippen LogP contribution >= 0.6 is 11.6 Å². The summed E-state index contributed by atoms with van der Waals surface area (Å²) in [4.78, 5) is 4.47. The molecule has 2 atom stereocenters. The van der Waals surface area contributed by atoms with Gasteiger partial charge in [-0.25, -0.2) is 0 Å². The lowest BCUT2D eigenvalue weighted by Crippen LogP contribution is -2.35. The van der Waals surface area contributed by atoms with Crippen LogP contribution in [0.2, 0.25) is 5.02 Å². The van der Waals surface area contributed by atoms with Crippen molar-refractivity contribution in [3.8, 4) is 0 Å². The Balaban J connectivity index is 1.98. The standard InChI is InChI=1S/C16H20ClN3/c1-10-8-14(17)16(13-6-3-7-19-15(10)13)20-12-5-2-4-11(18)9-12/h3,6-8,11-12,20H,2,4-5,9,18H2,1H3. The Kier molecular flexibility index (Phi) is 3.81. The van der Waals surface area contributed by atoms with Crippen LogP contribution in [-0.2, 0) is 0 Å². The van der Waals surface area contributed by atoms with Crippen LogP contribution in [0.3, 0.4) is 0 Å². The zero-order valence-electron chi connectivity index (χ0n) is 11.7. The number of nitrogens with one attached hydrogen (secondary N) is 1. The van der Waals surface area contributed by atoms with Crippen LogP contribution in [0, 0.1) is 6.92 Å². The highest BCUT2D eigenvalue weighted by Crippen LogP contribution is 2.34. The van der Waals surface area contributed by atoms with Gasteiger partial charge in [0.05, 0.1) is 16.2 Å². The van der Waals surface area contributed by atoms with E-state index < -0.39 is 0 Å². The first-order valence-electron chi connectivity index (χ1n) is 7.21. The summed E-state index contributed by atoms with van der Waals surface area (Å²) in [6.45, 7) is 2.04. The van der Waals surface area contributed by atoms with E-state index in [-0.39, 0.29) is 0 Å². The first-order valence-corrected chi connectivity index (χ1v) is 7.59. The van der Waals surface area contributed by atoms with Crippen LogP contribution in [0.25, 0.3) is 10.9 Å². The minimum Gasteiger partial charge on any atom is -0.380 e. The molecule has 0 bridgehead atoms. The maximum Gasteiger partial charge on any atom is 0.0752 e. The minimum absolute atomic E-state index is 0.301. The number of aryl methyl sites for hydroxylation is 1. The predicted molar refractivity (Wildman–Crippen MR) is 85.3 cm³/mol. The van der Waals surface area contributed by atoms with E-state index in [0.717, 1.165) is 46.4 Å². The van der Waals surface area contributed by atoms with Gasteiger partial charge in [0.25, 0.3) is 0 Å². The minimum atomic E-state index is 0.301. The molecule has 20 heavy (non-hydrogen) atoms. The van der Waals surface area contributed by atoms with Crippen molar-refractivity contribution < 1.29 is 0 Å². The second kappa shape index (κ2) is 5.58. The lowest BCUT2D eigenvalue weighted by atomic mass is 9.91. The fraction of sp³-hybridized carbons (Fsp3) is 0.438. The van der Waals surface area contributed by atoms with E-state index in [1.807, 2.05) is 25.3 Å². The number of fused-ring (bicyclic) bond motifs is 1. The molecular weight excluding hydrogens is 270 g/mol. The molecular formula is C16H20ClN3. The van der Waals surface area contributed by atoms with E-state index >= 15 is 0 Å². The van der Waals surface area contributed by atoms with Crippen LogP contribution < -0.4 is 11.1 Å². The lowest BCUT2D eigenvalue weighted by molar-refractivity contribution is 0.410. The lowest BCUT2D eigenvalue weighted by Gasteiger charge is -2.29. The van der Waals surface area contributed by atoms with E-state index in [1.165, 1.54) is 6.42 Å². The maximum absolute atomic E-state index is 6.44. The summed E-state index contributed by atoms with van der Waals surface area (Å²) >= 11 is 6.44. The Hall–Kier alpha value is -1.32. The van der Waals surface area contributed by atoms with E-state index in [2.05, 4.69) is 16.4 Å². The molecule has 1 aromatic heterocycles. The van der Waals surface area contributed by atoms with Crippen LogP contribution in [0.15, 0.2) is 24.4 Å². The molecule has 0 aliphatic heterocycles. The largest absolute Gasteiger partial charge is 0.380 e. The fourth-order valence-corrected chi connectivity index (χ4v) is 3.41. The summed E-state index contributed by atoms with van der Waals surface area (Å²) in [5.74, 6) is 0.